The summed E-state index contributed by atoms with van der Waals surface area (Å²) in [6, 6.07) is 5.28. The highest BCUT2D eigenvalue weighted by Gasteiger charge is 2.43. The van der Waals surface area contributed by atoms with Crippen molar-refractivity contribution in [3.05, 3.63) is 122 Å². The largest absolute Gasteiger partial charge is 0.633 e. The molecule has 0 radical (unpaired) electrons. The van der Waals surface area contributed by atoms with Crippen molar-refractivity contribution in [1.82, 2.24) is 8.96 Å². The molecule has 6 aromatic rings. The molecule has 4 bridgehead atoms. The molecular weight excluding hydrogens is 673 g/mol. The van der Waals surface area contributed by atoms with Gasteiger partial charge in [0.15, 0.2) is 40.7 Å². The number of rotatable bonds is 2. The van der Waals surface area contributed by atoms with Crippen LogP contribution in [-0.4, -0.2) is 27.8 Å². The highest BCUT2D eigenvalue weighted by atomic mass is 19.2. The molecule has 49 heavy (non-hydrogen) atoms. The summed E-state index contributed by atoms with van der Waals surface area (Å²) in [5.74, 6) is -21.0. The Morgan fingerprint density at radius 3 is 1.57 bits per heavy atom. The van der Waals surface area contributed by atoms with Gasteiger partial charge >= 0.3 is 7.19 Å². The van der Waals surface area contributed by atoms with E-state index in [1.54, 1.807) is 0 Å². The number of nitrogens with zero attached hydrogens (tertiary/aromatic N) is 6. The van der Waals surface area contributed by atoms with Crippen LogP contribution in [0.5, 0.6) is 5.75 Å². The van der Waals surface area contributed by atoms with E-state index in [-0.39, 0.29) is 67.0 Å². The molecule has 5 heterocycles. The van der Waals surface area contributed by atoms with Crippen LogP contribution in [0, 0.1) is 65.1 Å². The average molecular weight is 682 g/mol. The monoisotopic (exact) mass is 682 g/mol. The van der Waals surface area contributed by atoms with Crippen molar-refractivity contribution in [2.45, 2.75) is 6.92 Å². The lowest BCUT2D eigenvalue weighted by Crippen LogP contribution is -2.52. The Kier molecular flexibility index (Phi) is 5.71. The maximum absolute atomic E-state index is 15.2. The zero-order valence-electron chi connectivity index (χ0n) is 23.9. The van der Waals surface area contributed by atoms with Gasteiger partial charge in [0.05, 0.1) is 0 Å². The molecule has 0 N–H and O–H groups in total. The number of aromatic nitrogens is 2. The summed E-state index contributed by atoms with van der Waals surface area (Å²) in [6.45, 7) is 1.40. The normalized spacial score (nSPS) is 15.9. The van der Waals surface area contributed by atoms with Gasteiger partial charge in [-0.25, -0.2) is 55.1 Å². The standard InChI is InChI=1S/C31H9BF10N6O/c1-8-2-11-12(5-15(8)33)28-44-26-9-3-16(34)17(35)4-10(9)27(43-26)45-29-13-6-18(36)19(37)7-14(13)31-46-30(11)47(28)32(48(29)31)49-25-23(41)21(39)20(38)22(40)24(25)42/h2-7H,1H3/b44-26-,44-28?,45-27?,45-29-. The van der Waals surface area contributed by atoms with E-state index in [1.165, 1.54) is 13.0 Å². The number of aliphatic imine (C=N–C) groups is 2. The van der Waals surface area contributed by atoms with E-state index >= 15 is 13.2 Å². The van der Waals surface area contributed by atoms with Gasteiger partial charge in [0.25, 0.3) is 0 Å². The zero-order valence-corrected chi connectivity index (χ0v) is 23.9. The van der Waals surface area contributed by atoms with Crippen molar-refractivity contribution in [2.75, 3.05) is 0 Å². The van der Waals surface area contributed by atoms with E-state index in [1.807, 2.05) is 0 Å². The number of halogens is 10. The fourth-order valence-corrected chi connectivity index (χ4v) is 6.19. The van der Waals surface area contributed by atoms with Crippen LogP contribution in [0.15, 0.2) is 56.4 Å². The minimum atomic E-state index is -2.47. The van der Waals surface area contributed by atoms with E-state index in [2.05, 4.69) is 20.0 Å². The molecule has 0 aliphatic carbocycles. The predicted octanol–water partition coefficient (Wildman–Crippen LogP) is 6.49. The van der Waals surface area contributed by atoms with Crippen LogP contribution >= 0.6 is 0 Å². The molecule has 0 atom stereocenters. The predicted molar refractivity (Wildman–Crippen MR) is 153 cm³/mol. The van der Waals surface area contributed by atoms with Crippen LogP contribution in [0.1, 0.15) is 16.7 Å². The molecule has 0 amide bonds. The molecule has 18 heteroatoms. The second-order valence-electron chi connectivity index (χ2n) is 11.2. The Morgan fingerprint density at radius 1 is 0.490 bits per heavy atom. The minimum Gasteiger partial charge on any atom is -0.518 e. The Hall–Kier alpha value is -5.94. The van der Waals surface area contributed by atoms with E-state index in [4.69, 9.17) is 4.65 Å². The number of aryl methyl sites for hydroxylation is 1. The second kappa shape index (κ2) is 9.58. The van der Waals surface area contributed by atoms with Crippen molar-refractivity contribution < 1.29 is 48.6 Å². The van der Waals surface area contributed by atoms with Crippen molar-refractivity contribution in [3.8, 4) is 5.75 Å². The summed E-state index contributed by atoms with van der Waals surface area (Å²) in [5, 5.41) is -0.313. The average Bonchev–Trinajstić information content (AvgIpc) is 3.65. The minimum absolute atomic E-state index is 0.0421. The van der Waals surface area contributed by atoms with Gasteiger partial charge in [-0.15, -0.1) is 0 Å². The molecule has 2 aromatic heterocycles. The van der Waals surface area contributed by atoms with Gasteiger partial charge in [-0.1, -0.05) is 0 Å². The Labute approximate surface area is 264 Å². The lowest BCUT2D eigenvalue weighted by atomic mass is 9.98. The SMILES string of the molecule is Cc1cc2c3n4c(c2cc1F)/N=C1N=C(/N=c2/c5cc(F)c(F)cc5c(n2B4Oc2c(F)c(F)c(F)c(F)c2F)=N3)c2cc(F)c(F)cc2\1. The molecule has 0 saturated carbocycles. The molecule has 4 aromatic carbocycles. The molecule has 3 aliphatic heterocycles. The molecule has 3 aliphatic rings. The quantitative estimate of drug-likeness (QED) is 0.0892. The first kappa shape index (κ1) is 29.2. The number of amidine groups is 2. The van der Waals surface area contributed by atoms with Crippen LogP contribution in [0.2, 0.25) is 0 Å². The fourth-order valence-electron chi connectivity index (χ4n) is 6.19. The van der Waals surface area contributed by atoms with E-state index in [9.17, 15) is 30.7 Å². The van der Waals surface area contributed by atoms with Crippen LogP contribution in [0.3, 0.4) is 0 Å². The highest BCUT2D eigenvalue weighted by molar-refractivity contribution is 6.52. The van der Waals surface area contributed by atoms with Gasteiger partial charge in [0.1, 0.15) is 28.4 Å². The van der Waals surface area contributed by atoms with E-state index in [0.29, 0.717) is 6.07 Å². The number of hydrogen-bond donors (Lipinski definition) is 0. The number of benzene rings is 4. The molecule has 0 saturated heterocycles. The Morgan fingerprint density at radius 2 is 0.959 bits per heavy atom. The van der Waals surface area contributed by atoms with Gasteiger partial charge in [0, 0.05) is 32.7 Å². The molecule has 0 spiro atoms. The molecule has 7 nitrogen and oxygen atoms in total. The number of fused-ring (bicyclic) bond motifs is 10. The van der Waals surface area contributed by atoms with E-state index < -0.39 is 76.6 Å². The summed E-state index contributed by atoms with van der Waals surface area (Å²) in [5.41, 5.74) is -0.882. The molecule has 9 rings (SSSR count). The second-order valence-corrected chi connectivity index (χ2v) is 11.2. The summed E-state index contributed by atoms with van der Waals surface area (Å²) >= 11 is 0. The van der Waals surface area contributed by atoms with Gasteiger partial charge < -0.3 is 4.65 Å². The zero-order chi connectivity index (χ0) is 34.4. The van der Waals surface area contributed by atoms with Crippen LogP contribution in [0.4, 0.5) is 55.5 Å². The van der Waals surface area contributed by atoms with Crippen molar-refractivity contribution in [3.63, 3.8) is 0 Å². The van der Waals surface area contributed by atoms with Crippen LogP contribution < -0.4 is 15.6 Å². The van der Waals surface area contributed by atoms with Gasteiger partial charge in [-0.3, -0.25) is 8.96 Å². The topological polar surface area (TPSA) is 68.5 Å². The highest BCUT2D eigenvalue weighted by Crippen LogP contribution is 2.43. The fraction of sp³-hybridized carbons (Fsp3) is 0.0323. The molecule has 242 valence electrons. The number of hydrogen-bond acceptors (Lipinski definition) is 5. The smallest absolute Gasteiger partial charge is 0.518 e. The first-order valence-corrected chi connectivity index (χ1v) is 14.0. The summed E-state index contributed by atoms with van der Waals surface area (Å²) in [4.78, 5) is 17.8. The first-order valence-electron chi connectivity index (χ1n) is 14.0. The van der Waals surface area contributed by atoms with Crippen LogP contribution in [0.25, 0.3) is 21.5 Å². The van der Waals surface area contributed by atoms with Gasteiger partial charge in [-0.05, 0) is 48.9 Å². The third-order valence-corrected chi connectivity index (χ3v) is 8.46. The van der Waals surface area contributed by atoms with Crippen molar-refractivity contribution in [2.24, 2.45) is 20.0 Å². The first-order chi connectivity index (χ1) is 23.3. The molecular formula is C31H9BF10N6O. The Bertz CT molecular complexity index is 2760. The third kappa shape index (κ3) is 3.76. The van der Waals surface area contributed by atoms with Gasteiger partial charge in [-0.2, -0.15) is 8.78 Å². The van der Waals surface area contributed by atoms with Crippen LogP contribution in [-0.2, 0) is 0 Å². The van der Waals surface area contributed by atoms with E-state index in [0.717, 1.165) is 33.2 Å². The Balaban J connectivity index is 1.52. The lowest BCUT2D eigenvalue weighted by molar-refractivity contribution is 0.344. The van der Waals surface area contributed by atoms with Crippen molar-refractivity contribution in [1.29, 1.82) is 0 Å². The molecule has 0 unspecified atom stereocenters. The van der Waals surface area contributed by atoms with Crippen molar-refractivity contribution >= 4 is 52.0 Å². The summed E-state index contributed by atoms with van der Waals surface area (Å²) in [6.07, 6.45) is 0. The maximum Gasteiger partial charge on any atom is 0.633 e. The van der Waals surface area contributed by atoms with Gasteiger partial charge in [0.2, 0.25) is 29.1 Å². The summed E-state index contributed by atoms with van der Waals surface area (Å²) in [7, 11) is -2.10. The maximum atomic E-state index is 15.2. The summed E-state index contributed by atoms with van der Waals surface area (Å²) < 4.78 is 155. The lowest BCUT2D eigenvalue weighted by Gasteiger charge is -2.23. The molecule has 0 fully saturated rings. The third-order valence-electron chi connectivity index (χ3n) is 8.46.